The van der Waals surface area contributed by atoms with E-state index in [-0.39, 0.29) is 31.1 Å². The van der Waals surface area contributed by atoms with E-state index in [0.717, 1.165) is 109 Å². The van der Waals surface area contributed by atoms with Gasteiger partial charge in [0, 0.05) is 19.3 Å². The minimum atomic E-state index is -0.797. The smallest absolute Gasteiger partial charge is 0.306 e. The topological polar surface area (TPSA) is 78.9 Å². The molecule has 0 aliphatic rings. The van der Waals surface area contributed by atoms with Gasteiger partial charge in [0.1, 0.15) is 13.2 Å². The van der Waals surface area contributed by atoms with Gasteiger partial charge in [0.15, 0.2) is 6.10 Å². The standard InChI is InChI=1S/C45H74O6/c1-4-7-10-13-16-19-21-22-24-26-29-32-35-38-44(47)50-41-42(40-49-43(46)37-34-31-28-25-18-15-12-9-6-3)51-45(48)39-36-33-30-27-23-20-17-14-11-8-5-2/h7,9-10,12-14,16-19,21,25,42H,4-6,8,11,15,20,22-24,26-41H2,1-3H3/b10-7-,12-9-,16-13-,17-14-,21-19-,25-18-. The molecule has 0 spiro atoms. The van der Waals surface area contributed by atoms with Crippen LogP contribution in [0, 0.1) is 0 Å². The molecule has 0 aliphatic heterocycles. The summed E-state index contributed by atoms with van der Waals surface area (Å²) in [6.07, 6.45) is 47.5. The summed E-state index contributed by atoms with van der Waals surface area (Å²) in [4.78, 5) is 37.5. The fraction of sp³-hybridized carbons (Fsp3) is 0.667. The fourth-order valence-electron chi connectivity index (χ4n) is 5.16. The number of allylic oxidation sites excluding steroid dienone is 12. The van der Waals surface area contributed by atoms with E-state index < -0.39 is 6.10 Å². The van der Waals surface area contributed by atoms with Crippen LogP contribution in [-0.4, -0.2) is 37.2 Å². The highest BCUT2D eigenvalue weighted by atomic mass is 16.6. The van der Waals surface area contributed by atoms with E-state index in [0.29, 0.717) is 19.3 Å². The van der Waals surface area contributed by atoms with E-state index in [2.05, 4.69) is 87.6 Å². The zero-order valence-corrected chi connectivity index (χ0v) is 32.8. The van der Waals surface area contributed by atoms with Crippen molar-refractivity contribution in [1.82, 2.24) is 0 Å². The maximum absolute atomic E-state index is 12.6. The lowest BCUT2D eigenvalue weighted by Crippen LogP contribution is -2.30. The van der Waals surface area contributed by atoms with Gasteiger partial charge in [0.05, 0.1) is 0 Å². The minimum absolute atomic E-state index is 0.101. The maximum Gasteiger partial charge on any atom is 0.306 e. The van der Waals surface area contributed by atoms with Gasteiger partial charge in [-0.3, -0.25) is 14.4 Å². The molecule has 0 amide bonds. The molecule has 0 heterocycles. The summed E-state index contributed by atoms with van der Waals surface area (Å²) in [5.41, 5.74) is 0. The Bertz CT molecular complexity index is 1000. The Balaban J connectivity index is 4.46. The SMILES string of the molecule is CC\C=C/C=C\C=C/CCCCCCCC(=O)OCC(COC(=O)CCCC/C=C\C/C=C\CC)OC(=O)CCCCCCC/C=C\CCCC. The van der Waals surface area contributed by atoms with Crippen LogP contribution in [0.15, 0.2) is 72.9 Å². The van der Waals surface area contributed by atoms with E-state index in [1.807, 2.05) is 6.08 Å². The molecule has 0 aromatic rings. The monoisotopic (exact) mass is 711 g/mol. The highest BCUT2D eigenvalue weighted by Crippen LogP contribution is 2.12. The summed E-state index contributed by atoms with van der Waals surface area (Å²) >= 11 is 0. The molecule has 0 aromatic carbocycles. The van der Waals surface area contributed by atoms with Crippen LogP contribution in [0.5, 0.6) is 0 Å². The molecule has 6 heteroatoms. The Labute approximate surface area is 312 Å². The molecule has 290 valence electrons. The number of hydrogen-bond donors (Lipinski definition) is 0. The Kier molecular flexibility index (Phi) is 37.2. The van der Waals surface area contributed by atoms with Gasteiger partial charge in [-0.1, -0.05) is 145 Å². The van der Waals surface area contributed by atoms with Crippen molar-refractivity contribution in [2.24, 2.45) is 0 Å². The van der Waals surface area contributed by atoms with Crippen LogP contribution in [0.4, 0.5) is 0 Å². The van der Waals surface area contributed by atoms with Crippen LogP contribution < -0.4 is 0 Å². The normalized spacial score (nSPS) is 12.8. The first kappa shape index (κ1) is 47.8. The van der Waals surface area contributed by atoms with Crippen LogP contribution in [0.3, 0.4) is 0 Å². The van der Waals surface area contributed by atoms with Gasteiger partial charge in [-0.2, -0.15) is 0 Å². The first-order valence-electron chi connectivity index (χ1n) is 20.5. The Hall–Kier alpha value is -3.15. The van der Waals surface area contributed by atoms with Gasteiger partial charge in [0.25, 0.3) is 0 Å². The van der Waals surface area contributed by atoms with Crippen LogP contribution >= 0.6 is 0 Å². The third-order valence-corrected chi connectivity index (χ3v) is 8.24. The molecule has 0 radical (unpaired) electrons. The van der Waals surface area contributed by atoms with Crippen molar-refractivity contribution < 1.29 is 28.6 Å². The van der Waals surface area contributed by atoms with Crippen LogP contribution in [0.2, 0.25) is 0 Å². The zero-order valence-electron chi connectivity index (χ0n) is 32.8. The molecule has 0 fully saturated rings. The third-order valence-electron chi connectivity index (χ3n) is 8.24. The number of hydrogen-bond acceptors (Lipinski definition) is 6. The molecule has 0 rings (SSSR count). The van der Waals surface area contributed by atoms with Crippen LogP contribution in [-0.2, 0) is 28.6 Å². The third kappa shape index (κ3) is 37.9. The van der Waals surface area contributed by atoms with Crippen molar-refractivity contribution in [3.8, 4) is 0 Å². The summed E-state index contributed by atoms with van der Waals surface area (Å²) in [5, 5.41) is 0. The summed E-state index contributed by atoms with van der Waals surface area (Å²) in [5.74, 6) is -0.980. The second-order valence-electron chi connectivity index (χ2n) is 13.2. The summed E-state index contributed by atoms with van der Waals surface area (Å²) in [6.45, 7) is 6.25. The van der Waals surface area contributed by atoms with Crippen molar-refractivity contribution in [2.75, 3.05) is 13.2 Å². The number of rotatable bonds is 35. The second kappa shape index (κ2) is 39.6. The van der Waals surface area contributed by atoms with Crippen molar-refractivity contribution in [3.05, 3.63) is 72.9 Å². The number of esters is 3. The molecule has 0 bridgehead atoms. The molecule has 0 saturated heterocycles. The van der Waals surface area contributed by atoms with Crippen LogP contribution in [0.1, 0.15) is 175 Å². The van der Waals surface area contributed by atoms with Gasteiger partial charge in [-0.05, 0) is 83.5 Å². The van der Waals surface area contributed by atoms with Crippen molar-refractivity contribution in [1.29, 1.82) is 0 Å². The molecule has 0 saturated carbocycles. The summed E-state index contributed by atoms with van der Waals surface area (Å²) < 4.78 is 16.6. The summed E-state index contributed by atoms with van der Waals surface area (Å²) in [6, 6.07) is 0. The second-order valence-corrected chi connectivity index (χ2v) is 13.2. The van der Waals surface area contributed by atoms with E-state index in [1.165, 1.54) is 25.7 Å². The predicted molar refractivity (Wildman–Crippen MR) is 214 cm³/mol. The molecule has 6 nitrogen and oxygen atoms in total. The average Bonchev–Trinajstić information content (AvgIpc) is 3.12. The molecule has 0 N–H and O–H groups in total. The molecule has 0 aliphatic carbocycles. The van der Waals surface area contributed by atoms with Gasteiger partial charge in [-0.25, -0.2) is 0 Å². The number of ether oxygens (including phenoxy) is 3. The van der Waals surface area contributed by atoms with Crippen molar-refractivity contribution in [3.63, 3.8) is 0 Å². The van der Waals surface area contributed by atoms with E-state index >= 15 is 0 Å². The quantitative estimate of drug-likeness (QED) is 0.0214. The number of carbonyl (C=O) groups is 3. The predicted octanol–water partition coefficient (Wildman–Crippen LogP) is 12.7. The van der Waals surface area contributed by atoms with Crippen molar-refractivity contribution in [2.45, 2.75) is 181 Å². The Morgan fingerprint density at radius 3 is 1.45 bits per heavy atom. The lowest BCUT2D eigenvalue weighted by molar-refractivity contribution is -0.167. The molecule has 51 heavy (non-hydrogen) atoms. The lowest BCUT2D eigenvalue weighted by Gasteiger charge is -2.18. The minimum Gasteiger partial charge on any atom is -0.462 e. The van der Waals surface area contributed by atoms with E-state index in [9.17, 15) is 14.4 Å². The molecule has 1 unspecified atom stereocenters. The van der Waals surface area contributed by atoms with Crippen LogP contribution in [0.25, 0.3) is 0 Å². The maximum atomic E-state index is 12.6. The first-order valence-corrected chi connectivity index (χ1v) is 20.5. The average molecular weight is 711 g/mol. The molecule has 0 aromatic heterocycles. The van der Waals surface area contributed by atoms with Gasteiger partial charge in [-0.15, -0.1) is 0 Å². The largest absolute Gasteiger partial charge is 0.462 e. The van der Waals surface area contributed by atoms with Gasteiger partial charge in [0.2, 0.25) is 0 Å². The molecule has 1 atom stereocenters. The first-order chi connectivity index (χ1) is 25.0. The molecular weight excluding hydrogens is 636 g/mol. The van der Waals surface area contributed by atoms with Gasteiger partial charge < -0.3 is 14.2 Å². The highest BCUT2D eigenvalue weighted by molar-refractivity contribution is 5.71. The fourth-order valence-corrected chi connectivity index (χ4v) is 5.16. The number of carbonyl (C=O) groups excluding carboxylic acids is 3. The highest BCUT2D eigenvalue weighted by Gasteiger charge is 2.19. The molecular formula is C45H74O6. The zero-order chi connectivity index (χ0) is 37.3. The van der Waals surface area contributed by atoms with Gasteiger partial charge >= 0.3 is 17.9 Å². The van der Waals surface area contributed by atoms with E-state index in [4.69, 9.17) is 14.2 Å². The van der Waals surface area contributed by atoms with Crippen molar-refractivity contribution >= 4 is 17.9 Å². The lowest BCUT2D eigenvalue weighted by atomic mass is 10.1. The van der Waals surface area contributed by atoms with E-state index in [1.54, 1.807) is 0 Å². The Morgan fingerprint density at radius 1 is 0.431 bits per heavy atom. The summed E-state index contributed by atoms with van der Waals surface area (Å²) in [7, 11) is 0. The Morgan fingerprint density at radius 2 is 0.863 bits per heavy atom. The number of unbranched alkanes of at least 4 members (excludes halogenated alkanes) is 14.